The van der Waals surface area contributed by atoms with Gasteiger partial charge in [0.1, 0.15) is 0 Å². The molecule has 1 aromatic rings. The number of hydrogen-bond acceptors (Lipinski definition) is 2. The number of rotatable bonds is 6. The third kappa shape index (κ3) is 5.00. The van der Waals surface area contributed by atoms with E-state index in [2.05, 4.69) is 24.4 Å². The molecule has 0 heterocycles. The number of amides is 1. The first-order chi connectivity index (χ1) is 8.13. The van der Waals surface area contributed by atoms with Crippen LogP contribution >= 0.6 is 0 Å². The number of carbonyl (C=O) groups is 1. The molecule has 1 atom stereocenters. The molecule has 0 fully saturated rings. The largest absolute Gasteiger partial charge is 0.348 e. The van der Waals surface area contributed by atoms with Gasteiger partial charge in [0.15, 0.2) is 0 Å². The third-order valence-electron chi connectivity index (χ3n) is 2.86. The van der Waals surface area contributed by atoms with Crippen LogP contribution in [-0.4, -0.2) is 37.5 Å². The highest BCUT2D eigenvalue weighted by molar-refractivity contribution is 5.77. The molecule has 1 amide bonds. The molecule has 3 heteroatoms. The van der Waals surface area contributed by atoms with E-state index in [0.717, 1.165) is 12.8 Å². The smallest absolute Gasteiger partial charge is 0.236 e. The van der Waals surface area contributed by atoms with Gasteiger partial charge in [-0.3, -0.25) is 4.79 Å². The standard InChI is InChI=1S/C14H22N2O/c1-4-13(15-11-14(17)16(2)3)10-12-8-6-5-7-9-12/h5-9,13,15H,4,10-11H2,1-3H3. The number of benzene rings is 1. The fraction of sp³-hybridized carbons (Fsp3) is 0.500. The van der Waals surface area contributed by atoms with Gasteiger partial charge in [-0.1, -0.05) is 37.3 Å². The van der Waals surface area contributed by atoms with E-state index in [0.29, 0.717) is 12.6 Å². The van der Waals surface area contributed by atoms with E-state index in [-0.39, 0.29) is 5.91 Å². The van der Waals surface area contributed by atoms with Gasteiger partial charge in [-0.25, -0.2) is 0 Å². The van der Waals surface area contributed by atoms with E-state index in [9.17, 15) is 4.79 Å². The highest BCUT2D eigenvalue weighted by Gasteiger charge is 2.10. The predicted octanol–water partition coefficient (Wildman–Crippen LogP) is 1.69. The summed E-state index contributed by atoms with van der Waals surface area (Å²) in [4.78, 5) is 13.1. The predicted molar refractivity (Wildman–Crippen MR) is 70.9 cm³/mol. The summed E-state index contributed by atoms with van der Waals surface area (Å²) >= 11 is 0. The highest BCUT2D eigenvalue weighted by atomic mass is 16.2. The topological polar surface area (TPSA) is 32.3 Å². The van der Waals surface area contributed by atoms with Crippen LogP contribution in [0.3, 0.4) is 0 Å². The third-order valence-corrected chi connectivity index (χ3v) is 2.86. The molecule has 0 saturated carbocycles. The Morgan fingerprint density at radius 3 is 2.47 bits per heavy atom. The van der Waals surface area contributed by atoms with Crippen molar-refractivity contribution in [2.45, 2.75) is 25.8 Å². The van der Waals surface area contributed by atoms with Gasteiger partial charge in [0.05, 0.1) is 6.54 Å². The molecule has 0 aliphatic heterocycles. The fourth-order valence-corrected chi connectivity index (χ4v) is 1.65. The molecule has 3 nitrogen and oxygen atoms in total. The van der Waals surface area contributed by atoms with Crippen molar-refractivity contribution >= 4 is 5.91 Å². The van der Waals surface area contributed by atoms with Gasteiger partial charge in [-0.2, -0.15) is 0 Å². The molecule has 1 N–H and O–H groups in total. The van der Waals surface area contributed by atoms with Crippen molar-refractivity contribution in [2.24, 2.45) is 0 Å². The first-order valence-electron chi connectivity index (χ1n) is 6.11. The molecule has 0 aliphatic carbocycles. The van der Waals surface area contributed by atoms with Crippen LogP contribution in [0.2, 0.25) is 0 Å². The minimum Gasteiger partial charge on any atom is -0.348 e. The van der Waals surface area contributed by atoms with Crippen molar-refractivity contribution in [2.75, 3.05) is 20.6 Å². The summed E-state index contributed by atoms with van der Waals surface area (Å²) in [6.07, 6.45) is 1.99. The van der Waals surface area contributed by atoms with Crippen molar-refractivity contribution in [3.63, 3.8) is 0 Å². The fourth-order valence-electron chi connectivity index (χ4n) is 1.65. The van der Waals surface area contributed by atoms with Crippen molar-refractivity contribution in [3.8, 4) is 0 Å². The van der Waals surface area contributed by atoms with Crippen LogP contribution in [-0.2, 0) is 11.2 Å². The number of carbonyl (C=O) groups excluding carboxylic acids is 1. The molecule has 0 aliphatic rings. The molecule has 0 aromatic heterocycles. The molecular formula is C14H22N2O. The lowest BCUT2D eigenvalue weighted by molar-refractivity contribution is -0.127. The van der Waals surface area contributed by atoms with Gasteiger partial charge >= 0.3 is 0 Å². The minimum absolute atomic E-state index is 0.122. The average Bonchev–Trinajstić information content (AvgIpc) is 2.35. The van der Waals surface area contributed by atoms with E-state index in [1.54, 1.807) is 19.0 Å². The maximum Gasteiger partial charge on any atom is 0.236 e. The van der Waals surface area contributed by atoms with Crippen LogP contribution in [0.25, 0.3) is 0 Å². The van der Waals surface area contributed by atoms with Crippen molar-refractivity contribution < 1.29 is 4.79 Å². The summed E-state index contributed by atoms with van der Waals surface area (Å²) in [7, 11) is 3.56. The zero-order valence-corrected chi connectivity index (χ0v) is 10.9. The van der Waals surface area contributed by atoms with Crippen LogP contribution in [0.4, 0.5) is 0 Å². The van der Waals surface area contributed by atoms with E-state index in [1.807, 2.05) is 18.2 Å². The molecule has 0 spiro atoms. The summed E-state index contributed by atoms with van der Waals surface area (Å²) in [5.41, 5.74) is 1.31. The Hall–Kier alpha value is -1.35. The van der Waals surface area contributed by atoms with Crippen molar-refractivity contribution in [1.82, 2.24) is 10.2 Å². The molecule has 17 heavy (non-hydrogen) atoms. The lowest BCUT2D eigenvalue weighted by Gasteiger charge is -2.18. The van der Waals surface area contributed by atoms with E-state index in [1.165, 1.54) is 5.56 Å². The maximum absolute atomic E-state index is 11.5. The lowest BCUT2D eigenvalue weighted by atomic mass is 10.0. The van der Waals surface area contributed by atoms with Gasteiger partial charge in [0.2, 0.25) is 5.91 Å². The van der Waals surface area contributed by atoms with Crippen molar-refractivity contribution in [3.05, 3.63) is 35.9 Å². The van der Waals surface area contributed by atoms with Crippen molar-refractivity contribution in [1.29, 1.82) is 0 Å². The zero-order chi connectivity index (χ0) is 12.7. The highest BCUT2D eigenvalue weighted by Crippen LogP contribution is 2.05. The SMILES string of the molecule is CCC(Cc1ccccc1)NCC(=O)N(C)C. The first kappa shape index (κ1) is 13.7. The minimum atomic E-state index is 0.122. The summed E-state index contributed by atoms with van der Waals surface area (Å²) < 4.78 is 0. The Balaban J connectivity index is 2.42. The van der Waals surface area contributed by atoms with E-state index in [4.69, 9.17) is 0 Å². The van der Waals surface area contributed by atoms with Gasteiger partial charge in [0, 0.05) is 20.1 Å². The lowest BCUT2D eigenvalue weighted by Crippen LogP contribution is -2.39. The summed E-state index contributed by atoms with van der Waals surface area (Å²) in [5.74, 6) is 0.122. The Bertz CT molecular complexity index is 335. The quantitative estimate of drug-likeness (QED) is 0.812. The Morgan fingerprint density at radius 2 is 1.94 bits per heavy atom. The van der Waals surface area contributed by atoms with E-state index >= 15 is 0 Å². The first-order valence-corrected chi connectivity index (χ1v) is 6.11. The van der Waals surface area contributed by atoms with E-state index < -0.39 is 0 Å². The van der Waals surface area contributed by atoms with Gasteiger partial charge in [-0.05, 0) is 18.4 Å². The number of nitrogens with zero attached hydrogens (tertiary/aromatic N) is 1. The van der Waals surface area contributed by atoms with Gasteiger partial charge in [-0.15, -0.1) is 0 Å². The number of hydrogen-bond donors (Lipinski definition) is 1. The van der Waals surface area contributed by atoms with Crippen LogP contribution < -0.4 is 5.32 Å². The van der Waals surface area contributed by atoms with Gasteiger partial charge in [0.25, 0.3) is 0 Å². The molecular weight excluding hydrogens is 212 g/mol. The summed E-state index contributed by atoms with van der Waals surface area (Å²) in [5, 5.41) is 3.31. The van der Waals surface area contributed by atoms with Crippen LogP contribution in [0.5, 0.6) is 0 Å². The molecule has 0 saturated heterocycles. The summed E-state index contributed by atoms with van der Waals surface area (Å²) in [6.45, 7) is 2.55. The molecule has 1 aromatic carbocycles. The summed E-state index contributed by atoms with van der Waals surface area (Å²) in [6, 6.07) is 10.7. The Kier molecular flexibility index (Phi) is 5.70. The van der Waals surface area contributed by atoms with Crippen LogP contribution in [0.15, 0.2) is 30.3 Å². The normalized spacial score (nSPS) is 12.2. The van der Waals surface area contributed by atoms with Crippen LogP contribution in [0.1, 0.15) is 18.9 Å². The second-order valence-electron chi connectivity index (χ2n) is 4.46. The second kappa shape index (κ2) is 7.07. The molecule has 0 radical (unpaired) electrons. The molecule has 1 rings (SSSR count). The van der Waals surface area contributed by atoms with Crippen LogP contribution in [0, 0.1) is 0 Å². The molecule has 1 unspecified atom stereocenters. The number of nitrogens with one attached hydrogen (secondary N) is 1. The monoisotopic (exact) mass is 234 g/mol. The Morgan fingerprint density at radius 1 is 1.29 bits per heavy atom. The maximum atomic E-state index is 11.5. The molecule has 0 bridgehead atoms. The zero-order valence-electron chi connectivity index (χ0n) is 10.9. The van der Waals surface area contributed by atoms with Gasteiger partial charge < -0.3 is 10.2 Å². The average molecular weight is 234 g/mol. The second-order valence-corrected chi connectivity index (χ2v) is 4.46. The molecule has 94 valence electrons. The Labute approximate surface area is 104 Å². The number of likely N-dealkylation sites (N-methyl/N-ethyl adjacent to an activating group) is 1.